The van der Waals surface area contributed by atoms with Crippen molar-refractivity contribution in [2.24, 2.45) is 0 Å². The average molecular weight is 394 g/mol. The number of hydrogen-bond donors (Lipinski definition) is 1. The molecule has 1 heterocycles. The summed E-state index contributed by atoms with van der Waals surface area (Å²) < 4.78 is 44.5. The highest BCUT2D eigenvalue weighted by molar-refractivity contribution is 6.30. The number of ether oxygens (including phenoxy) is 1. The maximum atomic E-state index is 13.0. The summed E-state index contributed by atoms with van der Waals surface area (Å²) in [7, 11) is 0. The number of nitrogens with zero attached hydrogens (tertiary/aromatic N) is 1. The van der Waals surface area contributed by atoms with Gasteiger partial charge in [-0.2, -0.15) is 13.2 Å². The normalized spacial score (nSPS) is 11.3. The van der Waals surface area contributed by atoms with E-state index in [0.717, 1.165) is 0 Å². The van der Waals surface area contributed by atoms with Gasteiger partial charge in [0.1, 0.15) is 11.5 Å². The number of aromatic nitrogens is 1. The third-order valence-electron chi connectivity index (χ3n) is 3.57. The Morgan fingerprint density at radius 1 is 1.04 bits per heavy atom. The molecule has 0 saturated heterocycles. The highest BCUT2D eigenvalue weighted by Crippen LogP contribution is 2.34. The van der Waals surface area contributed by atoms with Crippen molar-refractivity contribution in [1.82, 2.24) is 4.98 Å². The second kappa shape index (κ2) is 7.28. The number of ketones is 1. The summed E-state index contributed by atoms with van der Waals surface area (Å²) in [5.74, 6) is -0.870. The molecule has 0 saturated carbocycles. The second-order valence-electron chi connectivity index (χ2n) is 5.50. The van der Waals surface area contributed by atoms with Crippen molar-refractivity contribution >= 4 is 17.4 Å². The van der Waals surface area contributed by atoms with Crippen LogP contribution >= 0.6 is 11.6 Å². The molecule has 0 aliphatic rings. The highest BCUT2D eigenvalue weighted by atomic mass is 35.5. The minimum atomic E-state index is -4.65. The Balaban J connectivity index is 2.05. The fourth-order valence-electron chi connectivity index (χ4n) is 2.23. The molecule has 0 amide bonds. The van der Waals surface area contributed by atoms with E-state index in [2.05, 4.69) is 4.98 Å². The first-order valence-corrected chi connectivity index (χ1v) is 7.96. The first-order chi connectivity index (χ1) is 12.7. The second-order valence-corrected chi connectivity index (χ2v) is 5.94. The van der Waals surface area contributed by atoms with Crippen LogP contribution in [-0.4, -0.2) is 15.9 Å². The van der Waals surface area contributed by atoms with Crippen molar-refractivity contribution in [1.29, 1.82) is 0 Å². The maximum absolute atomic E-state index is 13.0. The number of pyridine rings is 1. The Morgan fingerprint density at radius 3 is 2.26 bits per heavy atom. The summed E-state index contributed by atoms with van der Waals surface area (Å²) in [5.41, 5.74) is -1.13. The van der Waals surface area contributed by atoms with Gasteiger partial charge < -0.3 is 9.84 Å². The van der Waals surface area contributed by atoms with Gasteiger partial charge in [-0.15, -0.1) is 0 Å². The minimum absolute atomic E-state index is 0.0398. The summed E-state index contributed by atoms with van der Waals surface area (Å²) in [6.45, 7) is 0. The van der Waals surface area contributed by atoms with Crippen molar-refractivity contribution in [3.05, 3.63) is 82.6 Å². The van der Waals surface area contributed by atoms with Gasteiger partial charge in [0.05, 0.1) is 5.56 Å². The largest absolute Gasteiger partial charge is 0.508 e. The molecule has 3 aromatic rings. The van der Waals surface area contributed by atoms with E-state index in [4.69, 9.17) is 16.3 Å². The van der Waals surface area contributed by atoms with Gasteiger partial charge in [-0.25, -0.2) is 4.98 Å². The number of aromatic hydroxyl groups is 1. The zero-order valence-corrected chi connectivity index (χ0v) is 14.3. The number of carbonyl (C=O) groups is 1. The summed E-state index contributed by atoms with van der Waals surface area (Å²) in [4.78, 5) is 16.4. The molecule has 0 bridgehead atoms. The number of rotatable bonds is 4. The molecule has 1 aromatic heterocycles. The first kappa shape index (κ1) is 18.7. The van der Waals surface area contributed by atoms with Crippen LogP contribution in [0, 0.1) is 0 Å². The lowest BCUT2D eigenvalue weighted by Crippen LogP contribution is -2.11. The van der Waals surface area contributed by atoms with E-state index in [1.54, 1.807) is 0 Å². The molecule has 0 aliphatic heterocycles. The van der Waals surface area contributed by atoms with Crippen molar-refractivity contribution in [2.75, 3.05) is 0 Å². The number of halogens is 4. The van der Waals surface area contributed by atoms with Gasteiger partial charge in [-0.1, -0.05) is 11.6 Å². The lowest BCUT2D eigenvalue weighted by Gasteiger charge is -2.13. The average Bonchev–Trinajstić information content (AvgIpc) is 2.63. The molecular formula is C19H11ClF3NO3. The van der Waals surface area contributed by atoms with Gasteiger partial charge in [0.25, 0.3) is 0 Å². The molecule has 1 N–H and O–H groups in total. The van der Waals surface area contributed by atoms with E-state index < -0.39 is 17.5 Å². The molecule has 0 radical (unpaired) electrons. The summed E-state index contributed by atoms with van der Waals surface area (Å²) in [6.07, 6.45) is -4.07. The number of alkyl halides is 3. The summed E-state index contributed by atoms with van der Waals surface area (Å²) in [6, 6.07) is 11.9. The zero-order chi connectivity index (χ0) is 19.6. The third kappa shape index (κ3) is 4.38. The van der Waals surface area contributed by atoms with Crippen molar-refractivity contribution in [2.45, 2.75) is 6.18 Å². The first-order valence-electron chi connectivity index (χ1n) is 7.58. The van der Waals surface area contributed by atoms with Crippen LogP contribution in [0.4, 0.5) is 13.2 Å². The van der Waals surface area contributed by atoms with Crippen LogP contribution in [0.5, 0.6) is 17.2 Å². The summed E-state index contributed by atoms with van der Waals surface area (Å²) >= 11 is 5.79. The van der Waals surface area contributed by atoms with Crippen molar-refractivity contribution < 1.29 is 27.8 Å². The topological polar surface area (TPSA) is 59.4 Å². The fourth-order valence-corrected chi connectivity index (χ4v) is 2.35. The van der Waals surface area contributed by atoms with E-state index in [1.165, 1.54) is 48.5 Å². The smallest absolute Gasteiger partial charge is 0.418 e. The standard InChI is InChI=1S/C19H11ClF3NO3/c20-13-3-1-11(2-4-13)18(26)17-16(9-12(10-24-17)19(21,22)23)27-15-7-5-14(25)6-8-15/h1-10,25H. The molecule has 2 aromatic carbocycles. The number of carbonyl (C=O) groups excluding carboxylic acids is 1. The number of phenolic OH excluding ortho intramolecular Hbond substituents is 1. The Labute approximate surface area is 156 Å². The van der Waals surface area contributed by atoms with Crippen LogP contribution in [0.25, 0.3) is 0 Å². The van der Waals surface area contributed by atoms with Gasteiger partial charge in [0.15, 0.2) is 11.4 Å². The van der Waals surface area contributed by atoms with E-state index in [1.807, 2.05) is 0 Å². The molecule has 0 unspecified atom stereocenters. The molecule has 0 spiro atoms. The van der Waals surface area contributed by atoms with E-state index in [-0.39, 0.29) is 28.5 Å². The Hall–Kier alpha value is -3.06. The summed E-state index contributed by atoms with van der Waals surface area (Å²) in [5, 5.41) is 9.72. The van der Waals surface area contributed by atoms with Gasteiger partial charge in [-0.05, 0) is 54.6 Å². The van der Waals surface area contributed by atoms with Gasteiger partial charge in [-0.3, -0.25) is 4.79 Å². The minimum Gasteiger partial charge on any atom is -0.508 e. The Bertz CT molecular complexity index is 971. The lowest BCUT2D eigenvalue weighted by molar-refractivity contribution is -0.137. The lowest BCUT2D eigenvalue weighted by atomic mass is 10.1. The van der Waals surface area contributed by atoms with Crippen LogP contribution in [0.15, 0.2) is 60.8 Å². The quantitative estimate of drug-likeness (QED) is 0.596. The fraction of sp³-hybridized carbons (Fsp3) is 0.0526. The Kier molecular flexibility index (Phi) is 5.05. The molecule has 0 atom stereocenters. The van der Waals surface area contributed by atoms with E-state index >= 15 is 0 Å². The molecule has 8 heteroatoms. The molecule has 4 nitrogen and oxygen atoms in total. The SMILES string of the molecule is O=C(c1ccc(Cl)cc1)c1ncc(C(F)(F)F)cc1Oc1ccc(O)cc1. The van der Waals surface area contributed by atoms with E-state index in [9.17, 15) is 23.1 Å². The molecule has 3 rings (SSSR count). The predicted molar refractivity (Wildman–Crippen MR) is 92.3 cm³/mol. The molecular weight excluding hydrogens is 383 g/mol. The van der Waals surface area contributed by atoms with E-state index in [0.29, 0.717) is 17.3 Å². The predicted octanol–water partition coefficient (Wildman–Crippen LogP) is 5.48. The highest BCUT2D eigenvalue weighted by Gasteiger charge is 2.33. The van der Waals surface area contributed by atoms with Crippen molar-refractivity contribution in [3.63, 3.8) is 0 Å². The van der Waals surface area contributed by atoms with Gasteiger partial charge >= 0.3 is 6.18 Å². The molecule has 138 valence electrons. The van der Waals surface area contributed by atoms with Crippen LogP contribution in [0.1, 0.15) is 21.6 Å². The van der Waals surface area contributed by atoms with Crippen LogP contribution in [0.2, 0.25) is 5.02 Å². The van der Waals surface area contributed by atoms with Crippen molar-refractivity contribution in [3.8, 4) is 17.2 Å². The van der Waals surface area contributed by atoms with Crippen LogP contribution in [0.3, 0.4) is 0 Å². The molecule has 0 aliphatic carbocycles. The molecule has 0 fully saturated rings. The van der Waals surface area contributed by atoms with Gasteiger partial charge in [0, 0.05) is 16.8 Å². The maximum Gasteiger partial charge on any atom is 0.418 e. The Morgan fingerprint density at radius 2 is 1.67 bits per heavy atom. The number of benzene rings is 2. The zero-order valence-electron chi connectivity index (χ0n) is 13.5. The van der Waals surface area contributed by atoms with Gasteiger partial charge in [0.2, 0.25) is 5.78 Å². The third-order valence-corrected chi connectivity index (χ3v) is 3.82. The molecule has 27 heavy (non-hydrogen) atoms. The van der Waals surface area contributed by atoms with Crippen LogP contribution in [-0.2, 0) is 6.18 Å². The number of hydrogen-bond acceptors (Lipinski definition) is 4. The monoisotopic (exact) mass is 393 g/mol. The number of phenols is 1. The van der Waals surface area contributed by atoms with Crippen LogP contribution < -0.4 is 4.74 Å².